The highest BCUT2D eigenvalue weighted by Crippen LogP contribution is 2.24. The van der Waals surface area contributed by atoms with Crippen LogP contribution in [0.15, 0.2) is 61.1 Å². The molecule has 7 nitrogen and oxygen atoms in total. The summed E-state index contributed by atoms with van der Waals surface area (Å²) in [6, 6.07) is 11.7. The summed E-state index contributed by atoms with van der Waals surface area (Å²) in [5.74, 6) is -0.278. The van der Waals surface area contributed by atoms with Gasteiger partial charge in [-0.2, -0.15) is 0 Å². The predicted molar refractivity (Wildman–Crippen MR) is 107 cm³/mol. The number of carbonyl (C=O) groups excluding carboxylic acids is 2. The Morgan fingerprint density at radius 2 is 1.93 bits per heavy atom. The van der Waals surface area contributed by atoms with Gasteiger partial charge in [0.15, 0.2) is 0 Å². The van der Waals surface area contributed by atoms with Crippen molar-refractivity contribution in [1.29, 1.82) is 0 Å². The van der Waals surface area contributed by atoms with E-state index < -0.39 is 11.9 Å². The Bertz CT molecular complexity index is 979. The Labute approximate surface area is 166 Å². The largest absolute Gasteiger partial charge is 0.465 e. The van der Waals surface area contributed by atoms with Crippen LogP contribution in [-0.4, -0.2) is 29.0 Å². The second-order valence-electron chi connectivity index (χ2n) is 5.79. The first-order chi connectivity index (χ1) is 13.6. The molecule has 3 rings (SSSR count). The van der Waals surface area contributed by atoms with Crippen molar-refractivity contribution in [2.75, 3.05) is 17.7 Å². The average molecular weight is 397 g/mol. The number of ether oxygens (including phenoxy) is 1. The minimum Gasteiger partial charge on any atom is -0.465 e. The molecule has 0 aliphatic rings. The summed E-state index contributed by atoms with van der Waals surface area (Å²) in [5, 5.41) is 6.14. The summed E-state index contributed by atoms with van der Waals surface area (Å²) in [6.45, 7) is 0.572. The van der Waals surface area contributed by atoms with Gasteiger partial charge in [0.1, 0.15) is 5.82 Å². The molecule has 0 radical (unpaired) electrons. The number of nitrogens with one attached hydrogen (secondary N) is 2. The van der Waals surface area contributed by atoms with Gasteiger partial charge in [0.25, 0.3) is 5.91 Å². The average Bonchev–Trinajstić information content (AvgIpc) is 2.74. The van der Waals surface area contributed by atoms with E-state index in [1.807, 2.05) is 12.1 Å². The van der Waals surface area contributed by atoms with Crippen LogP contribution in [0.5, 0.6) is 0 Å². The van der Waals surface area contributed by atoms with Crippen LogP contribution in [0.25, 0.3) is 0 Å². The van der Waals surface area contributed by atoms with Crippen LogP contribution >= 0.6 is 11.6 Å². The summed E-state index contributed by atoms with van der Waals surface area (Å²) in [6.07, 6.45) is 4.93. The van der Waals surface area contributed by atoms with E-state index >= 15 is 0 Å². The number of carbonyl (C=O) groups is 2. The maximum absolute atomic E-state index is 12.5. The number of benzene rings is 1. The zero-order valence-electron chi connectivity index (χ0n) is 15.0. The topological polar surface area (TPSA) is 93.2 Å². The number of esters is 1. The smallest absolute Gasteiger partial charge is 0.337 e. The lowest BCUT2D eigenvalue weighted by Crippen LogP contribution is -2.13. The minimum absolute atomic E-state index is 0.287. The molecule has 1 aromatic carbocycles. The summed E-state index contributed by atoms with van der Waals surface area (Å²) in [7, 11) is 1.28. The van der Waals surface area contributed by atoms with Crippen LogP contribution in [0, 0.1) is 0 Å². The molecule has 8 heteroatoms. The molecular weight excluding hydrogens is 380 g/mol. The van der Waals surface area contributed by atoms with Gasteiger partial charge in [-0.1, -0.05) is 17.7 Å². The Morgan fingerprint density at radius 1 is 1.11 bits per heavy atom. The van der Waals surface area contributed by atoms with Crippen LogP contribution in [-0.2, 0) is 11.3 Å². The number of methoxy groups -OCH3 is 1. The third-order valence-electron chi connectivity index (χ3n) is 3.86. The highest BCUT2D eigenvalue weighted by Gasteiger charge is 2.13. The Morgan fingerprint density at radius 3 is 2.61 bits per heavy atom. The number of rotatable bonds is 6. The minimum atomic E-state index is -0.516. The second kappa shape index (κ2) is 8.96. The van der Waals surface area contributed by atoms with Crippen LogP contribution in [0.2, 0.25) is 5.02 Å². The molecule has 0 spiro atoms. The van der Waals surface area contributed by atoms with E-state index in [0.29, 0.717) is 28.6 Å². The van der Waals surface area contributed by atoms with Gasteiger partial charge in [0, 0.05) is 25.1 Å². The first-order valence-electron chi connectivity index (χ1n) is 8.35. The molecule has 0 fully saturated rings. The lowest BCUT2D eigenvalue weighted by atomic mass is 10.2. The third-order valence-corrected chi connectivity index (χ3v) is 4.19. The molecule has 142 valence electrons. The zero-order chi connectivity index (χ0) is 19.9. The van der Waals surface area contributed by atoms with E-state index in [0.717, 1.165) is 5.56 Å². The number of hydrogen-bond acceptors (Lipinski definition) is 6. The summed E-state index contributed by atoms with van der Waals surface area (Å²) >= 11 is 6.10. The maximum atomic E-state index is 12.5. The van der Waals surface area contributed by atoms with Gasteiger partial charge in [0.2, 0.25) is 0 Å². The van der Waals surface area contributed by atoms with Gasteiger partial charge >= 0.3 is 5.97 Å². The molecule has 0 aliphatic heterocycles. The van der Waals surface area contributed by atoms with E-state index in [1.54, 1.807) is 24.5 Å². The third kappa shape index (κ3) is 4.83. The van der Waals surface area contributed by atoms with Crippen molar-refractivity contribution in [3.8, 4) is 0 Å². The van der Waals surface area contributed by atoms with Crippen molar-refractivity contribution >= 4 is 35.0 Å². The van der Waals surface area contributed by atoms with Crippen LogP contribution in [0.3, 0.4) is 0 Å². The molecule has 3 aromatic rings. The van der Waals surface area contributed by atoms with E-state index in [4.69, 9.17) is 11.6 Å². The van der Waals surface area contributed by atoms with E-state index in [-0.39, 0.29) is 5.56 Å². The van der Waals surface area contributed by atoms with Crippen molar-refractivity contribution in [3.63, 3.8) is 0 Å². The molecule has 2 heterocycles. The first kappa shape index (κ1) is 19.3. The lowest BCUT2D eigenvalue weighted by molar-refractivity contribution is 0.0600. The fourth-order valence-electron chi connectivity index (χ4n) is 2.39. The molecule has 0 atom stereocenters. The van der Waals surface area contributed by atoms with E-state index in [1.165, 1.54) is 31.5 Å². The second-order valence-corrected chi connectivity index (χ2v) is 6.19. The number of pyridine rings is 2. The van der Waals surface area contributed by atoms with E-state index in [2.05, 4.69) is 25.3 Å². The molecule has 0 bridgehead atoms. The van der Waals surface area contributed by atoms with Gasteiger partial charge in [-0.15, -0.1) is 0 Å². The monoisotopic (exact) mass is 396 g/mol. The van der Waals surface area contributed by atoms with Gasteiger partial charge in [0.05, 0.1) is 28.9 Å². The number of hydrogen-bond donors (Lipinski definition) is 2. The fraction of sp³-hybridized carbons (Fsp3) is 0.100. The highest BCUT2D eigenvalue weighted by molar-refractivity contribution is 6.34. The summed E-state index contributed by atoms with van der Waals surface area (Å²) < 4.78 is 4.67. The van der Waals surface area contributed by atoms with Gasteiger partial charge in [-0.05, 0) is 42.0 Å². The van der Waals surface area contributed by atoms with Crippen molar-refractivity contribution < 1.29 is 14.3 Å². The van der Waals surface area contributed by atoms with Gasteiger partial charge in [-0.3, -0.25) is 9.78 Å². The Kier molecular flexibility index (Phi) is 6.18. The number of anilines is 2. The van der Waals surface area contributed by atoms with Crippen LogP contribution in [0.4, 0.5) is 11.5 Å². The van der Waals surface area contributed by atoms with Gasteiger partial charge in [-0.25, -0.2) is 9.78 Å². The zero-order valence-corrected chi connectivity index (χ0v) is 15.7. The molecule has 1 amide bonds. The standard InChI is InChI=1S/C20H17ClN4O3/c1-28-20(27)14-4-6-16(21)17(9-14)25-19(26)15-5-7-18(24-12-15)23-11-13-3-2-8-22-10-13/h2-10,12H,11H2,1H3,(H,23,24)(H,25,26). The van der Waals surface area contributed by atoms with E-state index in [9.17, 15) is 9.59 Å². The van der Waals surface area contributed by atoms with Crippen molar-refractivity contribution in [1.82, 2.24) is 9.97 Å². The molecule has 0 saturated heterocycles. The molecule has 2 aromatic heterocycles. The number of nitrogens with zero attached hydrogens (tertiary/aromatic N) is 2. The Hall–Kier alpha value is -3.45. The van der Waals surface area contributed by atoms with Crippen LogP contribution < -0.4 is 10.6 Å². The molecule has 0 saturated carbocycles. The first-order valence-corrected chi connectivity index (χ1v) is 8.72. The maximum Gasteiger partial charge on any atom is 0.337 e. The molecular formula is C20H17ClN4O3. The van der Waals surface area contributed by atoms with Gasteiger partial charge < -0.3 is 15.4 Å². The highest BCUT2D eigenvalue weighted by atomic mass is 35.5. The number of halogens is 1. The molecule has 2 N–H and O–H groups in total. The Balaban J connectivity index is 1.65. The molecule has 0 unspecified atom stereocenters. The lowest BCUT2D eigenvalue weighted by Gasteiger charge is -2.10. The fourth-order valence-corrected chi connectivity index (χ4v) is 2.55. The predicted octanol–water partition coefficient (Wildman–Crippen LogP) is 3.78. The van der Waals surface area contributed by atoms with Crippen molar-refractivity contribution in [2.45, 2.75) is 6.54 Å². The van der Waals surface area contributed by atoms with Crippen molar-refractivity contribution in [2.24, 2.45) is 0 Å². The summed E-state index contributed by atoms with van der Waals surface area (Å²) in [5.41, 5.74) is 1.97. The quantitative estimate of drug-likeness (QED) is 0.616. The van der Waals surface area contributed by atoms with Crippen molar-refractivity contribution in [3.05, 3.63) is 82.8 Å². The molecule has 0 aliphatic carbocycles. The number of amides is 1. The normalized spacial score (nSPS) is 10.2. The number of aromatic nitrogens is 2. The SMILES string of the molecule is COC(=O)c1ccc(Cl)c(NC(=O)c2ccc(NCc3cccnc3)nc2)c1. The summed E-state index contributed by atoms with van der Waals surface area (Å²) in [4.78, 5) is 32.4. The van der Waals surface area contributed by atoms with Crippen LogP contribution in [0.1, 0.15) is 26.3 Å². The molecule has 28 heavy (non-hydrogen) atoms.